The molecule has 3 fully saturated rings. The molecule has 238 valence electrons. The third-order valence-corrected chi connectivity index (χ3v) is 10.2. The molecule has 6 rings (SSSR count). The van der Waals surface area contributed by atoms with Crippen LogP contribution in [0.25, 0.3) is 0 Å². The van der Waals surface area contributed by atoms with Gasteiger partial charge < -0.3 is 38.5 Å². The van der Waals surface area contributed by atoms with Gasteiger partial charge in [-0.15, -0.1) is 0 Å². The first kappa shape index (κ1) is 30.3. The minimum atomic E-state index is -0.654. The van der Waals surface area contributed by atoms with Crippen LogP contribution in [0.4, 0.5) is 5.69 Å². The summed E-state index contributed by atoms with van der Waals surface area (Å²) in [6, 6.07) is 9.90. The monoisotopic (exact) mass is 610 g/mol. The summed E-state index contributed by atoms with van der Waals surface area (Å²) < 4.78 is 39.2. The molecule has 0 aromatic heterocycles. The zero-order valence-corrected chi connectivity index (χ0v) is 26.2. The Labute approximate surface area is 258 Å². The highest BCUT2D eigenvalue weighted by Gasteiger charge is 2.56. The maximum atomic E-state index is 13.5. The van der Waals surface area contributed by atoms with E-state index in [9.17, 15) is 9.59 Å². The van der Waals surface area contributed by atoms with Gasteiger partial charge in [0, 0.05) is 43.4 Å². The molecule has 3 aliphatic heterocycles. The molecule has 44 heavy (non-hydrogen) atoms. The molecular weight excluding hydrogens is 568 g/mol. The standard InChI is InChI=1S/C33H42N2O9/c1-38-19-7-8-20-21-9-10-35-16-18-13-27(44-32(36)17-11-25(39-2)30(41-4)26(12-17)40-3)31(42-5)28(33(37)43-6)22(18)15-24(35)29(21)34-23(20)14-19/h7-8,11-12,14,18,21-22,24,27-29,31,34H,9-10,13,15-16H2,1-6H3/t18-,21+,22+,24+,27-,28+,29-,31+/m1/s1. The molecular formula is C33H42N2O9. The summed E-state index contributed by atoms with van der Waals surface area (Å²) in [5.41, 5.74) is 2.71. The summed E-state index contributed by atoms with van der Waals surface area (Å²) in [5, 5.41) is 3.80. The summed E-state index contributed by atoms with van der Waals surface area (Å²) in [4.78, 5) is 29.5. The van der Waals surface area contributed by atoms with Gasteiger partial charge in [0.05, 0.1) is 47.0 Å². The Morgan fingerprint density at radius 1 is 0.909 bits per heavy atom. The SMILES string of the molecule is COC(=O)[C@H]1[C@H]2C[C@H]3[C@@H]4Nc5cc(OC)ccc5[C@@H]4CCN3C[C@H]2C[C@@H](OC(=O)c2cc(OC)c(OC)c(OC)c2)[C@@H]1OC. The molecule has 11 heteroatoms. The van der Waals surface area contributed by atoms with Crippen LogP contribution in [0.1, 0.15) is 41.1 Å². The van der Waals surface area contributed by atoms with Crippen molar-refractivity contribution >= 4 is 17.6 Å². The quantitative estimate of drug-likeness (QED) is 0.441. The number of esters is 2. The Kier molecular flexibility index (Phi) is 8.52. The van der Waals surface area contributed by atoms with Crippen LogP contribution < -0.4 is 24.3 Å². The molecule has 0 unspecified atom stereocenters. The summed E-state index contributed by atoms with van der Waals surface area (Å²) in [6.07, 6.45) is 1.14. The van der Waals surface area contributed by atoms with Crippen LogP contribution in [0.2, 0.25) is 0 Å². The average molecular weight is 611 g/mol. The van der Waals surface area contributed by atoms with Gasteiger partial charge in [0.25, 0.3) is 0 Å². The maximum Gasteiger partial charge on any atom is 0.338 e. The molecule has 8 atom stereocenters. The number of benzene rings is 2. The first-order valence-corrected chi connectivity index (χ1v) is 15.2. The van der Waals surface area contributed by atoms with Gasteiger partial charge in [0.2, 0.25) is 5.75 Å². The van der Waals surface area contributed by atoms with Crippen molar-refractivity contribution in [1.29, 1.82) is 0 Å². The minimum Gasteiger partial charge on any atom is -0.497 e. The van der Waals surface area contributed by atoms with E-state index in [0.717, 1.165) is 37.4 Å². The maximum absolute atomic E-state index is 13.5. The zero-order valence-electron chi connectivity index (χ0n) is 26.2. The number of methoxy groups -OCH3 is 6. The van der Waals surface area contributed by atoms with Crippen molar-refractivity contribution in [2.75, 3.05) is 61.1 Å². The first-order chi connectivity index (χ1) is 21.3. The van der Waals surface area contributed by atoms with Crippen molar-refractivity contribution in [3.8, 4) is 23.0 Å². The second-order valence-electron chi connectivity index (χ2n) is 12.1. The fourth-order valence-electron chi connectivity index (χ4n) is 8.27. The van der Waals surface area contributed by atoms with E-state index in [1.807, 2.05) is 6.07 Å². The molecule has 1 N–H and O–H groups in total. The number of carbonyl (C=O) groups excluding carboxylic acids is 2. The second-order valence-corrected chi connectivity index (χ2v) is 12.1. The van der Waals surface area contributed by atoms with Gasteiger partial charge in [0.1, 0.15) is 18.0 Å². The number of hydrogen-bond donors (Lipinski definition) is 1. The smallest absolute Gasteiger partial charge is 0.338 e. The van der Waals surface area contributed by atoms with Gasteiger partial charge in [-0.05, 0) is 61.4 Å². The summed E-state index contributed by atoms with van der Waals surface area (Å²) in [7, 11) is 9.14. The Hall–Kier alpha value is -3.70. The van der Waals surface area contributed by atoms with E-state index < -0.39 is 24.1 Å². The Morgan fingerprint density at radius 2 is 1.66 bits per heavy atom. The summed E-state index contributed by atoms with van der Waals surface area (Å²) >= 11 is 0. The Morgan fingerprint density at radius 3 is 2.30 bits per heavy atom. The lowest BCUT2D eigenvalue weighted by Crippen LogP contribution is -2.63. The third-order valence-electron chi connectivity index (χ3n) is 10.2. The van der Waals surface area contributed by atoms with Crippen LogP contribution in [-0.2, 0) is 19.0 Å². The van der Waals surface area contributed by atoms with E-state index in [2.05, 4.69) is 22.3 Å². The largest absolute Gasteiger partial charge is 0.497 e. The summed E-state index contributed by atoms with van der Waals surface area (Å²) in [6.45, 7) is 1.77. The molecule has 0 radical (unpaired) electrons. The molecule has 11 nitrogen and oxygen atoms in total. The van der Waals surface area contributed by atoms with Crippen molar-refractivity contribution in [3.63, 3.8) is 0 Å². The fourth-order valence-corrected chi connectivity index (χ4v) is 8.27. The van der Waals surface area contributed by atoms with Gasteiger partial charge in [-0.3, -0.25) is 9.69 Å². The fraction of sp³-hybridized carbons (Fsp3) is 0.576. The van der Waals surface area contributed by atoms with Crippen molar-refractivity contribution in [2.45, 2.75) is 49.5 Å². The minimum absolute atomic E-state index is 0.0172. The topological polar surface area (TPSA) is 114 Å². The van der Waals surface area contributed by atoms with Crippen LogP contribution >= 0.6 is 0 Å². The lowest BCUT2D eigenvalue weighted by atomic mass is 9.62. The van der Waals surface area contributed by atoms with Crippen molar-refractivity contribution in [3.05, 3.63) is 41.5 Å². The van der Waals surface area contributed by atoms with Crippen LogP contribution in [0.3, 0.4) is 0 Å². The Bertz CT molecular complexity index is 1370. The normalized spacial score (nSPS) is 30.4. The number of rotatable bonds is 8. The highest BCUT2D eigenvalue weighted by Crippen LogP contribution is 2.51. The number of carbonyl (C=O) groups is 2. The van der Waals surface area contributed by atoms with Gasteiger partial charge in [-0.2, -0.15) is 0 Å². The molecule has 1 aliphatic carbocycles. The predicted molar refractivity (Wildman–Crippen MR) is 161 cm³/mol. The number of piperidine rings is 2. The van der Waals surface area contributed by atoms with Gasteiger partial charge >= 0.3 is 11.9 Å². The first-order valence-electron chi connectivity index (χ1n) is 15.2. The summed E-state index contributed by atoms with van der Waals surface area (Å²) in [5.74, 6) is 0.985. The lowest BCUT2D eigenvalue weighted by Gasteiger charge is -2.55. The highest BCUT2D eigenvalue weighted by molar-refractivity contribution is 5.91. The van der Waals surface area contributed by atoms with Crippen molar-refractivity contribution < 1.29 is 42.7 Å². The molecule has 0 amide bonds. The second kappa shape index (κ2) is 12.4. The third kappa shape index (κ3) is 5.09. The molecule has 2 aromatic rings. The number of nitrogens with one attached hydrogen (secondary N) is 1. The number of nitrogens with zero attached hydrogens (tertiary/aromatic N) is 1. The number of fused-ring (bicyclic) bond motifs is 6. The van der Waals surface area contributed by atoms with E-state index in [0.29, 0.717) is 29.6 Å². The molecule has 0 bridgehead atoms. The van der Waals surface area contributed by atoms with Gasteiger partial charge in [-0.25, -0.2) is 4.79 Å². The van der Waals surface area contributed by atoms with Gasteiger partial charge in [0.15, 0.2) is 11.5 Å². The molecule has 4 aliphatic rings. The molecule has 2 saturated heterocycles. The average Bonchev–Trinajstić information content (AvgIpc) is 3.43. The molecule has 3 heterocycles. The van der Waals surface area contributed by atoms with E-state index in [1.165, 1.54) is 34.0 Å². The Balaban J connectivity index is 1.25. The highest BCUT2D eigenvalue weighted by atomic mass is 16.6. The molecule has 2 aromatic carbocycles. The van der Waals surface area contributed by atoms with E-state index in [1.54, 1.807) is 26.4 Å². The van der Waals surface area contributed by atoms with E-state index in [4.69, 9.17) is 33.2 Å². The predicted octanol–water partition coefficient (Wildman–Crippen LogP) is 3.74. The van der Waals surface area contributed by atoms with Crippen LogP contribution in [-0.4, -0.2) is 96.9 Å². The van der Waals surface area contributed by atoms with E-state index >= 15 is 0 Å². The molecule has 0 spiro atoms. The number of ether oxygens (including phenoxy) is 7. The van der Waals surface area contributed by atoms with Crippen LogP contribution in [0.5, 0.6) is 23.0 Å². The number of hydrogen-bond acceptors (Lipinski definition) is 11. The van der Waals surface area contributed by atoms with Crippen molar-refractivity contribution in [2.24, 2.45) is 17.8 Å². The number of anilines is 1. The lowest BCUT2D eigenvalue weighted by molar-refractivity contribution is -0.177. The van der Waals surface area contributed by atoms with Crippen molar-refractivity contribution in [1.82, 2.24) is 4.90 Å². The zero-order chi connectivity index (χ0) is 31.1. The van der Waals surface area contributed by atoms with Crippen LogP contribution in [0, 0.1) is 17.8 Å². The van der Waals surface area contributed by atoms with E-state index in [-0.39, 0.29) is 35.5 Å². The molecule has 1 saturated carbocycles. The van der Waals surface area contributed by atoms with Gasteiger partial charge in [-0.1, -0.05) is 6.07 Å². The van der Waals surface area contributed by atoms with Crippen LogP contribution in [0.15, 0.2) is 30.3 Å².